The number of hydrogen-bond donors (Lipinski definition) is 1. The quantitative estimate of drug-likeness (QED) is 0.815. The molecule has 0 aromatic heterocycles. The molecule has 1 aliphatic rings. The number of hydrogen-bond acceptors (Lipinski definition) is 4. The summed E-state index contributed by atoms with van der Waals surface area (Å²) in [6, 6.07) is 16.1. The molecular formula is C22H28N2O3. The number of carbonyl (C=O) groups is 1. The molecule has 5 nitrogen and oxygen atoms in total. The standard InChI is InChI=1S/C22H28N2O3/c1-3-20(27-21-7-5-4-6-17(21)2)22(25)23-16-18-8-10-19(11-9-18)24-12-14-26-15-13-24/h4-11,20H,3,12-16H2,1-2H3,(H,23,25)/t20-/m1/s1. The Morgan fingerprint density at radius 1 is 1.15 bits per heavy atom. The van der Waals surface area contributed by atoms with Gasteiger partial charge < -0.3 is 19.7 Å². The smallest absolute Gasteiger partial charge is 0.261 e. The largest absolute Gasteiger partial charge is 0.480 e. The number of anilines is 1. The summed E-state index contributed by atoms with van der Waals surface area (Å²) in [6.45, 7) is 7.83. The molecule has 0 aliphatic carbocycles. The Labute approximate surface area is 161 Å². The van der Waals surface area contributed by atoms with Gasteiger partial charge in [0.1, 0.15) is 5.75 Å². The van der Waals surface area contributed by atoms with Crippen LogP contribution in [0.4, 0.5) is 5.69 Å². The Morgan fingerprint density at radius 3 is 2.52 bits per heavy atom. The zero-order valence-electron chi connectivity index (χ0n) is 16.1. The average Bonchev–Trinajstić information content (AvgIpc) is 2.72. The highest BCUT2D eigenvalue weighted by Gasteiger charge is 2.19. The lowest BCUT2D eigenvalue weighted by Crippen LogP contribution is -2.37. The Morgan fingerprint density at radius 2 is 1.85 bits per heavy atom. The van der Waals surface area contributed by atoms with E-state index in [1.54, 1.807) is 0 Å². The second-order valence-electron chi connectivity index (χ2n) is 6.76. The molecule has 2 aromatic rings. The second-order valence-corrected chi connectivity index (χ2v) is 6.76. The first-order valence-corrected chi connectivity index (χ1v) is 9.59. The first kappa shape index (κ1) is 19.2. The van der Waals surface area contributed by atoms with Gasteiger partial charge in [-0.25, -0.2) is 0 Å². The first-order chi connectivity index (χ1) is 13.2. The normalized spacial score (nSPS) is 15.3. The van der Waals surface area contributed by atoms with Gasteiger partial charge in [-0.3, -0.25) is 4.79 Å². The summed E-state index contributed by atoms with van der Waals surface area (Å²) in [5, 5.41) is 2.99. The van der Waals surface area contributed by atoms with Crippen molar-refractivity contribution in [3.8, 4) is 5.75 Å². The third-order valence-electron chi connectivity index (χ3n) is 4.81. The summed E-state index contributed by atoms with van der Waals surface area (Å²) < 4.78 is 11.3. The van der Waals surface area contributed by atoms with E-state index in [1.807, 2.05) is 38.1 Å². The van der Waals surface area contributed by atoms with E-state index in [0.29, 0.717) is 13.0 Å². The van der Waals surface area contributed by atoms with Crippen molar-refractivity contribution in [3.05, 3.63) is 59.7 Å². The van der Waals surface area contributed by atoms with E-state index >= 15 is 0 Å². The van der Waals surface area contributed by atoms with Crippen molar-refractivity contribution >= 4 is 11.6 Å². The Balaban J connectivity index is 1.53. The van der Waals surface area contributed by atoms with Crippen LogP contribution in [0.1, 0.15) is 24.5 Å². The molecule has 0 saturated carbocycles. The summed E-state index contributed by atoms with van der Waals surface area (Å²) in [6.07, 6.45) is 0.134. The number of rotatable bonds is 7. The van der Waals surface area contributed by atoms with E-state index in [-0.39, 0.29) is 5.91 Å². The van der Waals surface area contributed by atoms with Crippen LogP contribution < -0.4 is 15.0 Å². The van der Waals surface area contributed by atoms with Crippen LogP contribution in [0, 0.1) is 6.92 Å². The Bertz CT molecular complexity index is 739. The van der Waals surface area contributed by atoms with Crippen LogP contribution in [0.25, 0.3) is 0 Å². The third kappa shape index (κ3) is 5.23. The number of morpholine rings is 1. The highest BCUT2D eigenvalue weighted by molar-refractivity contribution is 5.81. The number of ether oxygens (including phenoxy) is 2. The minimum Gasteiger partial charge on any atom is -0.480 e. The molecule has 1 N–H and O–H groups in total. The summed E-state index contributed by atoms with van der Waals surface area (Å²) in [5.41, 5.74) is 3.30. The minimum absolute atomic E-state index is 0.0852. The lowest BCUT2D eigenvalue weighted by molar-refractivity contribution is -0.128. The van der Waals surface area contributed by atoms with Crippen LogP contribution in [0.5, 0.6) is 5.75 Å². The number of para-hydroxylation sites is 1. The average molecular weight is 368 g/mol. The van der Waals surface area contributed by atoms with Crippen molar-refractivity contribution in [1.29, 1.82) is 0 Å². The molecule has 1 heterocycles. The summed E-state index contributed by atoms with van der Waals surface area (Å²) in [4.78, 5) is 14.8. The number of benzene rings is 2. The van der Waals surface area contributed by atoms with Gasteiger partial charge >= 0.3 is 0 Å². The van der Waals surface area contributed by atoms with Gasteiger partial charge in [-0.2, -0.15) is 0 Å². The monoisotopic (exact) mass is 368 g/mol. The molecule has 1 aliphatic heterocycles. The lowest BCUT2D eigenvalue weighted by atomic mass is 10.1. The molecule has 0 bridgehead atoms. The van der Waals surface area contributed by atoms with Crippen LogP contribution in [-0.2, 0) is 16.1 Å². The molecule has 144 valence electrons. The Hall–Kier alpha value is -2.53. The second kappa shape index (κ2) is 9.42. The molecule has 27 heavy (non-hydrogen) atoms. The van der Waals surface area contributed by atoms with Gasteiger partial charge in [-0.1, -0.05) is 37.3 Å². The predicted octanol–water partition coefficient (Wildman–Crippen LogP) is 3.31. The Kier molecular flexibility index (Phi) is 6.71. The highest BCUT2D eigenvalue weighted by atomic mass is 16.5. The topological polar surface area (TPSA) is 50.8 Å². The SMILES string of the molecule is CC[C@@H](Oc1ccccc1C)C(=O)NCc1ccc(N2CCOCC2)cc1. The van der Waals surface area contributed by atoms with Crippen molar-refractivity contribution in [2.24, 2.45) is 0 Å². The van der Waals surface area contributed by atoms with Crippen LogP contribution in [-0.4, -0.2) is 38.3 Å². The number of carbonyl (C=O) groups excluding carboxylic acids is 1. The van der Waals surface area contributed by atoms with Gasteiger partial charge in [0.15, 0.2) is 6.10 Å². The molecule has 0 unspecified atom stereocenters. The zero-order valence-corrected chi connectivity index (χ0v) is 16.1. The zero-order chi connectivity index (χ0) is 19.1. The maximum atomic E-state index is 12.5. The number of nitrogens with one attached hydrogen (secondary N) is 1. The van der Waals surface area contributed by atoms with Crippen molar-refractivity contribution in [2.45, 2.75) is 32.9 Å². The van der Waals surface area contributed by atoms with Crippen LogP contribution >= 0.6 is 0 Å². The van der Waals surface area contributed by atoms with Gasteiger partial charge in [0.25, 0.3) is 5.91 Å². The fraction of sp³-hybridized carbons (Fsp3) is 0.409. The van der Waals surface area contributed by atoms with Crippen LogP contribution in [0.2, 0.25) is 0 Å². The number of nitrogens with zero attached hydrogens (tertiary/aromatic N) is 1. The maximum absolute atomic E-state index is 12.5. The number of amides is 1. The molecule has 0 spiro atoms. The molecule has 3 rings (SSSR count). The highest BCUT2D eigenvalue weighted by Crippen LogP contribution is 2.19. The van der Waals surface area contributed by atoms with Gasteiger partial charge in [0, 0.05) is 25.3 Å². The number of aryl methyl sites for hydroxylation is 1. The molecule has 5 heteroatoms. The molecule has 1 amide bonds. The van der Waals surface area contributed by atoms with E-state index in [4.69, 9.17) is 9.47 Å². The fourth-order valence-electron chi connectivity index (χ4n) is 3.11. The van der Waals surface area contributed by atoms with E-state index in [0.717, 1.165) is 43.2 Å². The van der Waals surface area contributed by atoms with Gasteiger partial charge in [0.2, 0.25) is 0 Å². The summed E-state index contributed by atoms with van der Waals surface area (Å²) >= 11 is 0. The summed E-state index contributed by atoms with van der Waals surface area (Å²) in [7, 11) is 0. The first-order valence-electron chi connectivity index (χ1n) is 9.59. The molecule has 1 fully saturated rings. The minimum atomic E-state index is -0.487. The van der Waals surface area contributed by atoms with E-state index < -0.39 is 6.10 Å². The molecular weight excluding hydrogens is 340 g/mol. The molecule has 1 atom stereocenters. The van der Waals surface area contributed by atoms with E-state index in [2.05, 4.69) is 34.5 Å². The van der Waals surface area contributed by atoms with Crippen molar-refractivity contribution in [1.82, 2.24) is 5.32 Å². The predicted molar refractivity (Wildman–Crippen MR) is 107 cm³/mol. The van der Waals surface area contributed by atoms with Crippen LogP contribution in [0.15, 0.2) is 48.5 Å². The van der Waals surface area contributed by atoms with Crippen molar-refractivity contribution < 1.29 is 14.3 Å². The molecule has 2 aromatic carbocycles. The van der Waals surface area contributed by atoms with Gasteiger partial charge in [0.05, 0.1) is 13.2 Å². The van der Waals surface area contributed by atoms with Crippen molar-refractivity contribution in [3.63, 3.8) is 0 Å². The maximum Gasteiger partial charge on any atom is 0.261 e. The third-order valence-corrected chi connectivity index (χ3v) is 4.81. The van der Waals surface area contributed by atoms with E-state index in [1.165, 1.54) is 5.69 Å². The van der Waals surface area contributed by atoms with Gasteiger partial charge in [-0.05, 0) is 42.7 Å². The lowest BCUT2D eigenvalue weighted by Gasteiger charge is -2.29. The van der Waals surface area contributed by atoms with Gasteiger partial charge in [-0.15, -0.1) is 0 Å². The van der Waals surface area contributed by atoms with E-state index in [9.17, 15) is 4.79 Å². The fourth-order valence-corrected chi connectivity index (χ4v) is 3.11. The van der Waals surface area contributed by atoms with Crippen LogP contribution in [0.3, 0.4) is 0 Å². The van der Waals surface area contributed by atoms with Crippen molar-refractivity contribution in [2.75, 3.05) is 31.2 Å². The summed E-state index contributed by atoms with van der Waals surface area (Å²) in [5.74, 6) is 0.673. The molecule has 0 radical (unpaired) electrons. The molecule has 1 saturated heterocycles.